The van der Waals surface area contributed by atoms with E-state index in [0.29, 0.717) is 18.5 Å². The Morgan fingerprint density at radius 2 is 1.62 bits per heavy atom. The molecule has 1 aromatic rings. The van der Waals surface area contributed by atoms with Crippen LogP contribution in [0.15, 0.2) is 12.1 Å². The van der Waals surface area contributed by atoms with E-state index in [9.17, 15) is 0 Å². The molecule has 0 fully saturated rings. The van der Waals surface area contributed by atoms with Gasteiger partial charge in [-0.1, -0.05) is 0 Å². The molecule has 13 heavy (non-hydrogen) atoms. The fourth-order valence-corrected chi connectivity index (χ4v) is 1.09. The lowest BCUT2D eigenvalue weighted by molar-refractivity contribution is 1.06. The van der Waals surface area contributed by atoms with E-state index in [1.165, 1.54) is 12.4 Å². The molecule has 1 rings (SSSR count). The lowest BCUT2D eigenvalue weighted by Crippen LogP contribution is -1.99. The first-order valence-corrected chi connectivity index (χ1v) is 3.99. The predicted molar refractivity (Wildman–Crippen MR) is 53.6 cm³/mol. The van der Waals surface area contributed by atoms with Gasteiger partial charge < -0.3 is 16.6 Å². The average Bonchev–Trinajstić information content (AvgIpc) is 2.04. The highest BCUT2D eigenvalue weighted by atomic mass is 14.7. The quantitative estimate of drug-likeness (QED) is 0.599. The molecule has 1 heterocycles. The van der Waals surface area contributed by atoms with E-state index in [2.05, 4.69) is 4.98 Å². The smallest absolute Gasteiger partial charge is 0.0480 e. The molecule has 0 atom stereocenters. The predicted octanol–water partition coefficient (Wildman–Crippen LogP) is 1.05. The fourth-order valence-electron chi connectivity index (χ4n) is 1.09. The molecule has 0 aliphatic rings. The summed E-state index contributed by atoms with van der Waals surface area (Å²) in [6.07, 6.45) is 3.57. The Hall–Kier alpha value is -1.71. The maximum absolute atomic E-state index is 6.93. The number of nitrogens with two attached hydrogens (primary N) is 1. The Morgan fingerprint density at radius 3 is 2.00 bits per heavy atom. The van der Waals surface area contributed by atoms with E-state index < -0.39 is 0 Å². The lowest BCUT2D eigenvalue weighted by Gasteiger charge is -2.02. The van der Waals surface area contributed by atoms with Gasteiger partial charge in [0.15, 0.2) is 0 Å². The first-order chi connectivity index (χ1) is 6.26. The van der Waals surface area contributed by atoms with Gasteiger partial charge in [0.1, 0.15) is 0 Å². The Morgan fingerprint density at radius 1 is 1.15 bits per heavy atom. The van der Waals surface area contributed by atoms with Crippen molar-refractivity contribution in [3.05, 3.63) is 23.5 Å². The summed E-state index contributed by atoms with van der Waals surface area (Å²) in [6.45, 7) is 0. The second kappa shape index (κ2) is 4.35. The Balaban J connectivity index is 2.95. The minimum absolute atomic E-state index is 0.496. The van der Waals surface area contributed by atoms with Crippen LogP contribution in [0.25, 0.3) is 0 Å². The van der Waals surface area contributed by atoms with Gasteiger partial charge in [0.25, 0.3) is 0 Å². The van der Waals surface area contributed by atoms with Crippen LogP contribution in [0.3, 0.4) is 0 Å². The van der Waals surface area contributed by atoms with Crippen molar-refractivity contribution in [2.45, 2.75) is 12.8 Å². The number of pyridine rings is 1. The molecule has 4 N–H and O–H groups in total. The second-order valence-electron chi connectivity index (χ2n) is 2.70. The number of aromatic nitrogens is 1. The van der Waals surface area contributed by atoms with E-state index in [4.69, 9.17) is 16.6 Å². The van der Waals surface area contributed by atoms with Crippen molar-refractivity contribution < 1.29 is 0 Å². The molecule has 0 aromatic carbocycles. The first kappa shape index (κ1) is 9.38. The molecule has 0 amide bonds. The number of nitrogens with one attached hydrogen (secondary N) is 2. The molecule has 0 saturated heterocycles. The molecule has 0 aliphatic carbocycles. The molecular formula is C9H12N4. The van der Waals surface area contributed by atoms with E-state index in [1.807, 2.05) is 0 Å². The molecule has 4 nitrogen and oxygen atoms in total. The zero-order valence-corrected chi connectivity index (χ0v) is 7.25. The maximum Gasteiger partial charge on any atom is 0.0480 e. The Bertz CT molecular complexity index is 291. The van der Waals surface area contributed by atoms with Gasteiger partial charge in [-0.05, 0) is 12.1 Å². The van der Waals surface area contributed by atoms with E-state index >= 15 is 0 Å². The van der Waals surface area contributed by atoms with Gasteiger partial charge in [0.2, 0.25) is 0 Å². The van der Waals surface area contributed by atoms with Crippen LogP contribution in [-0.4, -0.2) is 17.4 Å². The summed E-state index contributed by atoms with van der Waals surface area (Å²) in [7, 11) is 0. The van der Waals surface area contributed by atoms with Crippen molar-refractivity contribution in [2.75, 3.05) is 5.73 Å². The minimum Gasteiger partial charge on any atom is -0.399 e. The highest BCUT2D eigenvalue weighted by molar-refractivity contribution is 5.60. The van der Waals surface area contributed by atoms with Crippen LogP contribution in [0.5, 0.6) is 0 Å². The summed E-state index contributed by atoms with van der Waals surface area (Å²) in [5, 5.41) is 13.9. The summed E-state index contributed by atoms with van der Waals surface area (Å²) in [5.74, 6) is 0. The standard InChI is InChI=1S/C9H12N4/c10-3-1-8-5-7(12)6-9(13-8)2-4-11/h3-6,10-11H,1-2H2,(H2,12,13). The third-order valence-corrected chi connectivity index (χ3v) is 1.58. The fraction of sp³-hybridized carbons (Fsp3) is 0.222. The van der Waals surface area contributed by atoms with Crippen LogP contribution in [0.2, 0.25) is 0 Å². The number of hydrogen-bond acceptors (Lipinski definition) is 4. The normalized spacial score (nSPS) is 9.54. The van der Waals surface area contributed by atoms with Gasteiger partial charge in [0, 0.05) is 42.3 Å². The average molecular weight is 176 g/mol. The van der Waals surface area contributed by atoms with Crippen LogP contribution < -0.4 is 5.73 Å². The zero-order chi connectivity index (χ0) is 9.68. The van der Waals surface area contributed by atoms with Gasteiger partial charge in [0.05, 0.1) is 0 Å². The Kier molecular flexibility index (Phi) is 3.14. The van der Waals surface area contributed by atoms with Crippen molar-refractivity contribution >= 4 is 18.1 Å². The lowest BCUT2D eigenvalue weighted by atomic mass is 10.2. The van der Waals surface area contributed by atoms with Crippen molar-refractivity contribution in [2.24, 2.45) is 0 Å². The highest BCUT2D eigenvalue weighted by Crippen LogP contribution is 2.07. The zero-order valence-electron chi connectivity index (χ0n) is 7.25. The number of nitrogen functional groups attached to an aromatic ring is 1. The summed E-state index contributed by atoms with van der Waals surface area (Å²) in [5.41, 5.74) is 7.84. The summed E-state index contributed by atoms with van der Waals surface area (Å²) >= 11 is 0. The molecule has 0 unspecified atom stereocenters. The number of rotatable bonds is 4. The van der Waals surface area contributed by atoms with Crippen molar-refractivity contribution in [1.82, 2.24) is 4.98 Å². The van der Waals surface area contributed by atoms with E-state index in [1.54, 1.807) is 12.1 Å². The molecule has 1 aromatic heterocycles. The summed E-state index contributed by atoms with van der Waals surface area (Å²) in [4.78, 5) is 4.23. The first-order valence-electron chi connectivity index (χ1n) is 3.99. The van der Waals surface area contributed by atoms with Gasteiger partial charge in [-0.15, -0.1) is 0 Å². The SMILES string of the molecule is N=CCc1cc(N)cc(CC=N)n1. The monoisotopic (exact) mass is 176 g/mol. The summed E-state index contributed by atoms with van der Waals surface area (Å²) < 4.78 is 0. The van der Waals surface area contributed by atoms with Crippen LogP contribution in [0.1, 0.15) is 11.4 Å². The van der Waals surface area contributed by atoms with Gasteiger partial charge in [-0.25, -0.2) is 0 Å². The van der Waals surface area contributed by atoms with Gasteiger partial charge >= 0.3 is 0 Å². The number of hydrogen-bond donors (Lipinski definition) is 3. The molecule has 68 valence electrons. The maximum atomic E-state index is 6.93. The molecule has 0 radical (unpaired) electrons. The molecule has 0 spiro atoms. The van der Waals surface area contributed by atoms with Crippen LogP contribution in [0.4, 0.5) is 5.69 Å². The van der Waals surface area contributed by atoms with Gasteiger partial charge in [-0.2, -0.15) is 0 Å². The molecular weight excluding hydrogens is 164 g/mol. The van der Waals surface area contributed by atoms with Crippen LogP contribution in [-0.2, 0) is 12.8 Å². The number of nitrogens with zero attached hydrogens (tertiary/aromatic N) is 1. The Labute approximate surface area is 76.8 Å². The molecule has 4 heteroatoms. The van der Waals surface area contributed by atoms with Crippen LogP contribution >= 0.6 is 0 Å². The van der Waals surface area contributed by atoms with Gasteiger partial charge in [-0.3, -0.25) is 4.98 Å². The molecule has 0 saturated carbocycles. The van der Waals surface area contributed by atoms with Crippen LogP contribution in [0, 0.1) is 10.8 Å². The summed E-state index contributed by atoms with van der Waals surface area (Å²) in [6, 6.07) is 3.50. The number of anilines is 1. The molecule has 0 aliphatic heterocycles. The van der Waals surface area contributed by atoms with Crippen molar-refractivity contribution in [3.8, 4) is 0 Å². The van der Waals surface area contributed by atoms with E-state index in [0.717, 1.165) is 11.4 Å². The molecule has 0 bridgehead atoms. The third-order valence-electron chi connectivity index (χ3n) is 1.58. The topological polar surface area (TPSA) is 86.6 Å². The van der Waals surface area contributed by atoms with Crippen molar-refractivity contribution in [3.63, 3.8) is 0 Å². The third kappa shape index (κ3) is 2.66. The highest BCUT2D eigenvalue weighted by Gasteiger charge is 1.98. The van der Waals surface area contributed by atoms with Crippen molar-refractivity contribution in [1.29, 1.82) is 10.8 Å². The van der Waals surface area contributed by atoms with E-state index in [-0.39, 0.29) is 0 Å². The largest absolute Gasteiger partial charge is 0.399 e. The minimum atomic E-state index is 0.496. The second-order valence-corrected chi connectivity index (χ2v) is 2.70.